The van der Waals surface area contributed by atoms with E-state index < -0.39 is 0 Å². The normalized spacial score (nSPS) is 11.9. The Morgan fingerprint density at radius 2 is 1.68 bits per heavy atom. The van der Waals surface area contributed by atoms with Crippen LogP contribution in [-0.4, -0.2) is 9.78 Å². The van der Waals surface area contributed by atoms with Crippen LogP contribution in [0.2, 0.25) is 0 Å². The molecule has 3 nitrogen and oxygen atoms in total. The summed E-state index contributed by atoms with van der Waals surface area (Å²) in [5.74, 6) is -0.248. The third-order valence-electron chi connectivity index (χ3n) is 5.21. The Morgan fingerprint density at radius 3 is 2.39 bits per heavy atom. The van der Waals surface area contributed by atoms with E-state index in [4.69, 9.17) is 0 Å². The minimum atomic E-state index is -0.248. The van der Waals surface area contributed by atoms with E-state index in [1.165, 1.54) is 28.8 Å². The van der Waals surface area contributed by atoms with Gasteiger partial charge < -0.3 is 5.32 Å². The molecule has 0 amide bonds. The molecule has 0 aliphatic heterocycles. The lowest BCUT2D eigenvalue weighted by Gasteiger charge is -2.28. The number of aryl methyl sites for hydroxylation is 1. The van der Waals surface area contributed by atoms with Crippen LogP contribution >= 0.6 is 0 Å². The Labute approximate surface area is 164 Å². The van der Waals surface area contributed by atoms with Crippen molar-refractivity contribution in [3.8, 4) is 5.69 Å². The lowest BCUT2D eigenvalue weighted by molar-refractivity contribution is 0.404. The van der Waals surface area contributed by atoms with Gasteiger partial charge in [0.1, 0.15) is 5.82 Å². The van der Waals surface area contributed by atoms with Crippen molar-refractivity contribution in [2.24, 2.45) is 0 Å². The van der Waals surface area contributed by atoms with Crippen LogP contribution in [0.5, 0.6) is 0 Å². The summed E-state index contributed by atoms with van der Waals surface area (Å²) in [4.78, 5) is 0. The first-order valence-electron chi connectivity index (χ1n) is 9.48. The molecule has 0 fully saturated rings. The number of fused-ring (bicyclic) bond motifs is 1. The number of benzene rings is 3. The Kier molecular flexibility index (Phi) is 4.73. The fraction of sp³-hybridized carbons (Fsp3) is 0.208. The van der Waals surface area contributed by atoms with Crippen molar-refractivity contribution < 1.29 is 4.39 Å². The maximum Gasteiger partial charge on any atom is 0.123 e. The van der Waals surface area contributed by atoms with Crippen LogP contribution in [0.25, 0.3) is 16.6 Å². The van der Waals surface area contributed by atoms with E-state index in [9.17, 15) is 4.39 Å². The maximum absolute atomic E-state index is 13.3. The fourth-order valence-electron chi connectivity index (χ4n) is 3.51. The second-order valence-electron chi connectivity index (χ2n) is 7.74. The zero-order chi connectivity index (χ0) is 19.7. The van der Waals surface area contributed by atoms with Gasteiger partial charge in [0.05, 0.1) is 17.4 Å². The van der Waals surface area contributed by atoms with Gasteiger partial charge in [0.25, 0.3) is 0 Å². The van der Waals surface area contributed by atoms with Gasteiger partial charge in [-0.25, -0.2) is 9.07 Å². The molecule has 0 aliphatic rings. The molecular formula is C24H24FN3. The van der Waals surface area contributed by atoms with Gasteiger partial charge in [-0.15, -0.1) is 0 Å². The van der Waals surface area contributed by atoms with Crippen LogP contribution in [-0.2, 0) is 12.1 Å². The summed E-state index contributed by atoms with van der Waals surface area (Å²) in [5.41, 5.74) is 5.33. The predicted molar refractivity (Wildman–Crippen MR) is 112 cm³/mol. The first-order valence-corrected chi connectivity index (χ1v) is 9.48. The highest BCUT2D eigenvalue weighted by atomic mass is 19.1. The standard InChI is InChI=1S/C24H24FN3/c1-17-7-9-18(10-8-17)15-26-24(2,3)22-5-4-6-23-21(22)16-27-28(23)20-13-11-19(25)12-14-20/h4-14,16,26H,15H2,1-3H3. The Bertz CT molecular complexity index is 1090. The molecule has 4 rings (SSSR count). The monoisotopic (exact) mass is 373 g/mol. The van der Waals surface area contributed by atoms with Crippen LogP contribution in [0, 0.1) is 12.7 Å². The lowest BCUT2D eigenvalue weighted by Crippen LogP contribution is -2.36. The van der Waals surface area contributed by atoms with Crippen LogP contribution < -0.4 is 5.32 Å². The summed E-state index contributed by atoms with van der Waals surface area (Å²) in [6.07, 6.45) is 1.89. The summed E-state index contributed by atoms with van der Waals surface area (Å²) in [6, 6.07) is 21.2. The molecule has 0 aliphatic carbocycles. The van der Waals surface area contributed by atoms with Crippen molar-refractivity contribution in [2.75, 3.05) is 0 Å². The predicted octanol–water partition coefficient (Wildman–Crippen LogP) is 5.50. The van der Waals surface area contributed by atoms with Crippen molar-refractivity contribution in [2.45, 2.75) is 32.9 Å². The van der Waals surface area contributed by atoms with Gasteiger partial charge in [-0.3, -0.25) is 0 Å². The number of rotatable bonds is 5. The third-order valence-corrected chi connectivity index (χ3v) is 5.21. The average Bonchev–Trinajstić information content (AvgIpc) is 3.12. The molecule has 0 bridgehead atoms. The van der Waals surface area contributed by atoms with E-state index in [-0.39, 0.29) is 11.4 Å². The first kappa shape index (κ1) is 18.4. The third kappa shape index (κ3) is 3.56. The minimum absolute atomic E-state index is 0.235. The molecule has 1 N–H and O–H groups in total. The van der Waals surface area contributed by atoms with Crippen molar-refractivity contribution in [1.82, 2.24) is 15.1 Å². The summed E-state index contributed by atoms with van der Waals surface area (Å²) >= 11 is 0. The minimum Gasteiger partial charge on any atom is -0.304 e. The number of hydrogen-bond donors (Lipinski definition) is 1. The van der Waals surface area contributed by atoms with Crippen molar-refractivity contribution in [3.63, 3.8) is 0 Å². The Hall–Kier alpha value is -2.98. The largest absolute Gasteiger partial charge is 0.304 e. The van der Waals surface area contributed by atoms with E-state index in [0.717, 1.165) is 23.1 Å². The molecule has 142 valence electrons. The maximum atomic E-state index is 13.3. The molecule has 4 heteroatoms. The van der Waals surface area contributed by atoms with Gasteiger partial charge in [0, 0.05) is 17.5 Å². The quantitative estimate of drug-likeness (QED) is 0.501. The number of nitrogens with one attached hydrogen (secondary N) is 1. The van der Waals surface area contributed by atoms with Crippen molar-refractivity contribution >= 4 is 10.9 Å². The first-order chi connectivity index (χ1) is 13.4. The second-order valence-corrected chi connectivity index (χ2v) is 7.74. The molecule has 1 aromatic heterocycles. The van der Waals surface area contributed by atoms with Crippen LogP contribution in [0.15, 0.2) is 72.9 Å². The van der Waals surface area contributed by atoms with Gasteiger partial charge in [-0.05, 0) is 62.2 Å². The summed E-state index contributed by atoms with van der Waals surface area (Å²) in [5, 5.41) is 9.33. The van der Waals surface area contributed by atoms with Crippen LogP contribution in [0.4, 0.5) is 4.39 Å². The van der Waals surface area contributed by atoms with Crippen LogP contribution in [0.1, 0.15) is 30.5 Å². The summed E-state index contributed by atoms with van der Waals surface area (Å²) in [6.45, 7) is 7.26. The molecule has 3 aromatic carbocycles. The van der Waals surface area contributed by atoms with Gasteiger partial charge in [-0.1, -0.05) is 42.0 Å². The van der Waals surface area contributed by atoms with E-state index in [2.05, 4.69) is 67.6 Å². The Balaban J connectivity index is 1.66. The number of nitrogens with zero attached hydrogens (tertiary/aromatic N) is 2. The zero-order valence-corrected chi connectivity index (χ0v) is 16.4. The molecule has 0 atom stereocenters. The molecule has 0 unspecified atom stereocenters. The average molecular weight is 373 g/mol. The van der Waals surface area contributed by atoms with E-state index in [0.29, 0.717) is 0 Å². The number of halogens is 1. The lowest BCUT2D eigenvalue weighted by atomic mass is 9.91. The van der Waals surface area contributed by atoms with E-state index in [1.807, 2.05) is 16.9 Å². The molecule has 0 radical (unpaired) electrons. The molecule has 4 aromatic rings. The van der Waals surface area contributed by atoms with Gasteiger partial charge in [0.2, 0.25) is 0 Å². The Morgan fingerprint density at radius 1 is 0.964 bits per heavy atom. The molecule has 1 heterocycles. The molecule has 0 saturated carbocycles. The molecule has 28 heavy (non-hydrogen) atoms. The van der Waals surface area contributed by atoms with Crippen molar-refractivity contribution in [1.29, 1.82) is 0 Å². The highest BCUT2D eigenvalue weighted by Crippen LogP contribution is 2.30. The second kappa shape index (κ2) is 7.21. The smallest absolute Gasteiger partial charge is 0.123 e. The number of aromatic nitrogens is 2. The molecular weight excluding hydrogens is 349 g/mol. The van der Waals surface area contributed by atoms with Crippen molar-refractivity contribution in [3.05, 3.63) is 95.4 Å². The van der Waals surface area contributed by atoms with Gasteiger partial charge >= 0.3 is 0 Å². The number of hydrogen-bond acceptors (Lipinski definition) is 2. The summed E-state index contributed by atoms with van der Waals surface area (Å²) in [7, 11) is 0. The van der Waals surface area contributed by atoms with E-state index >= 15 is 0 Å². The topological polar surface area (TPSA) is 29.9 Å². The van der Waals surface area contributed by atoms with Crippen LogP contribution in [0.3, 0.4) is 0 Å². The van der Waals surface area contributed by atoms with Gasteiger partial charge in [0.15, 0.2) is 0 Å². The zero-order valence-electron chi connectivity index (χ0n) is 16.4. The van der Waals surface area contributed by atoms with Gasteiger partial charge in [-0.2, -0.15) is 5.10 Å². The molecule has 0 spiro atoms. The highest BCUT2D eigenvalue weighted by Gasteiger charge is 2.23. The summed E-state index contributed by atoms with van der Waals surface area (Å²) < 4.78 is 15.1. The SMILES string of the molecule is Cc1ccc(CNC(C)(C)c2cccc3c2cnn3-c2ccc(F)cc2)cc1. The highest BCUT2D eigenvalue weighted by molar-refractivity contribution is 5.84. The fourth-order valence-corrected chi connectivity index (χ4v) is 3.51. The van der Waals surface area contributed by atoms with E-state index in [1.54, 1.807) is 12.1 Å². The molecule has 0 saturated heterocycles.